The Hall–Kier alpha value is -2.11. The van der Waals surface area contributed by atoms with Crippen LogP contribution in [-0.4, -0.2) is 29.6 Å². The Labute approximate surface area is 105 Å². The van der Waals surface area contributed by atoms with Crippen LogP contribution in [0.5, 0.6) is 0 Å². The molecule has 0 fully saturated rings. The molecule has 0 radical (unpaired) electrons. The zero-order valence-electron chi connectivity index (χ0n) is 10.6. The van der Waals surface area contributed by atoms with Gasteiger partial charge in [0.05, 0.1) is 10.8 Å². The van der Waals surface area contributed by atoms with Crippen molar-refractivity contribution in [2.45, 2.75) is 13.8 Å². The minimum Gasteiger partial charge on any atom is -0.481 e. The first-order chi connectivity index (χ1) is 8.32. The molecule has 0 heterocycles. The molecule has 1 aromatic rings. The van der Waals surface area contributed by atoms with Crippen LogP contribution >= 0.6 is 0 Å². The number of carbonyl (C=O) groups is 1. The second-order valence-electron chi connectivity index (χ2n) is 4.35. The number of aryl methyl sites for hydroxylation is 1. The van der Waals surface area contributed by atoms with Crippen molar-refractivity contribution in [2.24, 2.45) is 5.92 Å². The van der Waals surface area contributed by atoms with Crippen LogP contribution in [-0.2, 0) is 4.79 Å². The summed E-state index contributed by atoms with van der Waals surface area (Å²) in [4.78, 5) is 22.8. The highest BCUT2D eigenvalue weighted by atomic mass is 16.6. The highest BCUT2D eigenvalue weighted by Crippen LogP contribution is 2.24. The molecule has 1 atom stereocenters. The molecule has 18 heavy (non-hydrogen) atoms. The van der Waals surface area contributed by atoms with Gasteiger partial charge in [0.1, 0.15) is 0 Å². The SMILES string of the molecule is Cc1cc(N(C)CC(C)C(=O)O)ccc1[N+](=O)[O-]. The van der Waals surface area contributed by atoms with Gasteiger partial charge in [-0.2, -0.15) is 0 Å². The molecular formula is C12H16N2O4. The van der Waals surface area contributed by atoms with Crippen LogP contribution in [0.1, 0.15) is 12.5 Å². The summed E-state index contributed by atoms with van der Waals surface area (Å²) in [5.41, 5.74) is 1.40. The molecule has 0 spiro atoms. The first-order valence-corrected chi connectivity index (χ1v) is 5.52. The van der Waals surface area contributed by atoms with Gasteiger partial charge in [-0.25, -0.2) is 0 Å². The maximum absolute atomic E-state index is 10.8. The van der Waals surface area contributed by atoms with Gasteiger partial charge in [0.15, 0.2) is 0 Å². The Bertz CT molecular complexity index is 473. The number of nitro benzene ring substituents is 1. The van der Waals surface area contributed by atoms with E-state index in [4.69, 9.17) is 5.11 Å². The summed E-state index contributed by atoms with van der Waals surface area (Å²) in [6, 6.07) is 4.75. The number of hydrogen-bond acceptors (Lipinski definition) is 4. The van der Waals surface area contributed by atoms with E-state index in [1.165, 1.54) is 6.07 Å². The number of rotatable bonds is 5. The summed E-state index contributed by atoms with van der Waals surface area (Å²) >= 11 is 0. The van der Waals surface area contributed by atoms with Crippen molar-refractivity contribution in [1.82, 2.24) is 0 Å². The summed E-state index contributed by atoms with van der Waals surface area (Å²) in [5.74, 6) is -1.36. The first kappa shape index (κ1) is 14.0. The van der Waals surface area contributed by atoms with Gasteiger partial charge in [0, 0.05) is 30.9 Å². The summed E-state index contributed by atoms with van der Waals surface area (Å²) in [6.45, 7) is 3.64. The zero-order valence-corrected chi connectivity index (χ0v) is 10.6. The molecule has 6 nitrogen and oxygen atoms in total. The van der Waals surface area contributed by atoms with E-state index >= 15 is 0 Å². The number of benzene rings is 1. The molecule has 0 saturated carbocycles. The fraction of sp³-hybridized carbons (Fsp3) is 0.417. The van der Waals surface area contributed by atoms with Crippen LogP contribution in [0.4, 0.5) is 11.4 Å². The van der Waals surface area contributed by atoms with Gasteiger partial charge in [0.25, 0.3) is 5.69 Å². The quantitative estimate of drug-likeness (QED) is 0.640. The molecule has 0 aromatic heterocycles. The second kappa shape index (κ2) is 5.48. The van der Waals surface area contributed by atoms with E-state index in [9.17, 15) is 14.9 Å². The van der Waals surface area contributed by atoms with Crippen molar-refractivity contribution >= 4 is 17.3 Å². The third-order valence-electron chi connectivity index (χ3n) is 2.79. The van der Waals surface area contributed by atoms with Crippen molar-refractivity contribution in [3.05, 3.63) is 33.9 Å². The summed E-state index contributed by atoms with van der Waals surface area (Å²) < 4.78 is 0. The topological polar surface area (TPSA) is 83.7 Å². The molecule has 1 N–H and O–H groups in total. The number of nitrogens with zero attached hydrogens (tertiary/aromatic N) is 2. The number of hydrogen-bond donors (Lipinski definition) is 1. The summed E-state index contributed by atoms with van der Waals surface area (Å²) in [7, 11) is 1.76. The van der Waals surface area contributed by atoms with E-state index in [0.29, 0.717) is 12.1 Å². The van der Waals surface area contributed by atoms with E-state index in [2.05, 4.69) is 0 Å². The second-order valence-corrected chi connectivity index (χ2v) is 4.35. The Kier molecular flexibility index (Phi) is 4.25. The number of anilines is 1. The predicted molar refractivity (Wildman–Crippen MR) is 67.9 cm³/mol. The third-order valence-corrected chi connectivity index (χ3v) is 2.79. The van der Waals surface area contributed by atoms with E-state index in [1.54, 1.807) is 37.9 Å². The third kappa shape index (κ3) is 3.19. The standard InChI is InChI=1S/C12H16N2O4/c1-8-6-10(4-5-11(8)14(17)18)13(3)7-9(2)12(15)16/h4-6,9H,7H2,1-3H3,(H,15,16). The van der Waals surface area contributed by atoms with Crippen LogP contribution < -0.4 is 4.90 Å². The number of aliphatic carboxylic acids is 1. The lowest BCUT2D eigenvalue weighted by molar-refractivity contribution is -0.385. The largest absolute Gasteiger partial charge is 0.481 e. The summed E-state index contributed by atoms with van der Waals surface area (Å²) in [6.07, 6.45) is 0. The molecule has 0 bridgehead atoms. The maximum Gasteiger partial charge on any atom is 0.308 e. The average molecular weight is 252 g/mol. The minimum atomic E-state index is -0.861. The molecule has 1 aromatic carbocycles. The molecule has 0 saturated heterocycles. The Morgan fingerprint density at radius 1 is 1.56 bits per heavy atom. The molecule has 1 rings (SSSR count). The Balaban J connectivity index is 2.88. The molecule has 0 aliphatic carbocycles. The van der Waals surface area contributed by atoms with Crippen LogP contribution in [0.15, 0.2) is 18.2 Å². The number of carboxylic acid groups (broad SMARTS) is 1. The van der Waals surface area contributed by atoms with Crippen molar-refractivity contribution in [3.8, 4) is 0 Å². The molecule has 1 unspecified atom stereocenters. The maximum atomic E-state index is 10.8. The average Bonchev–Trinajstić information content (AvgIpc) is 2.27. The minimum absolute atomic E-state index is 0.0680. The van der Waals surface area contributed by atoms with Gasteiger partial charge in [-0.05, 0) is 19.1 Å². The first-order valence-electron chi connectivity index (χ1n) is 5.52. The van der Waals surface area contributed by atoms with E-state index in [-0.39, 0.29) is 5.69 Å². The zero-order chi connectivity index (χ0) is 13.9. The van der Waals surface area contributed by atoms with Crippen molar-refractivity contribution in [2.75, 3.05) is 18.5 Å². The monoisotopic (exact) mass is 252 g/mol. The fourth-order valence-corrected chi connectivity index (χ4v) is 1.68. The van der Waals surface area contributed by atoms with E-state index in [0.717, 1.165) is 5.69 Å². The Morgan fingerprint density at radius 3 is 2.61 bits per heavy atom. The molecule has 98 valence electrons. The summed E-state index contributed by atoms with van der Waals surface area (Å²) in [5, 5.41) is 19.5. The molecule has 6 heteroatoms. The highest BCUT2D eigenvalue weighted by molar-refractivity contribution is 5.70. The van der Waals surface area contributed by atoms with Crippen molar-refractivity contribution < 1.29 is 14.8 Å². The van der Waals surface area contributed by atoms with Crippen LogP contribution in [0.25, 0.3) is 0 Å². The van der Waals surface area contributed by atoms with E-state index < -0.39 is 16.8 Å². The van der Waals surface area contributed by atoms with E-state index in [1.807, 2.05) is 0 Å². The van der Waals surface area contributed by atoms with Crippen LogP contribution in [0, 0.1) is 23.0 Å². The smallest absolute Gasteiger partial charge is 0.308 e. The van der Waals surface area contributed by atoms with Gasteiger partial charge in [0.2, 0.25) is 0 Å². The molecule has 0 amide bonds. The lowest BCUT2D eigenvalue weighted by Gasteiger charge is -2.21. The van der Waals surface area contributed by atoms with Gasteiger partial charge < -0.3 is 10.0 Å². The van der Waals surface area contributed by atoms with Crippen molar-refractivity contribution in [3.63, 3.8) is 0 Å². The highest BCUT2D eigenvalue weighted by Gasteiger charge is 2.16. The number of nitro groups is 1. The molecular weight excluding hydrogens is 236 g/mol. The lowest BCUT2D eigenvalue weighted by atomic mass is 10.1. The van der Waals surface area contributed by atoms with Crippen molar-refractivity contribution in [1.29, 1.82) is 0 Å². The Morgan fingerprint density at radius 2 is 2.17 bits per heavy atom. The van der Waals surface area contributed by atoms with Crippen LogP contribution in [0.2, 0.25) is 0 Å². The fourth-order valence-electron chi connectivity index (χ4n) is 1.68. The van der Waals surface area contributed by atoms with Gasteiger partial charge in [-0.15, -0.1) is 0 Å². The molecule has 0 aliphatic rings. The predicted octanol–water partition coefficient (Wildman–Crippen LogP) is 2.06. The van der Waals surface area contributed by atoms with Gasteiger partial charge in [-0.1, -0.05) is 6.92 Å². The van der Waals surface area contributed by atoms with Gasteiger partial charge >= 0.3 is 5.97 Å². The molecule has 0 aliphatic heterocycles. The van der Waals surface area contributed by atoms with Crippen LogP contribution in [0.3, 0.4) is 0 Å². The normalized spacial score (nSPS) is 11.9. The number of carboxylic acids is 1. The van der Waals surface area contributed by atoms with Gasteiger partial charge in [-0.3, -0.25) is 14.9 Å². The lowest BCUT2D eigenvalue weighted by Crippen LogP contribution is -2.28.